The summed E-state index contributed by atoms with van der Waals surface area (Å²) in [4.78, 5) is 14.2. The first kappa shape index (κ1) is 19.3. The third-order valence-electron chi connectivity index (χ3n) is 4.23. The Morgan fingerprint density at radius 3 is 2.96 bits per heavy atom. The van der Waals surface area contributed by atoms with Crippen molar-refractivity contribution in [3.63, 3.8) is 0 Å². The summed E-state index contributed by atoms with van der Waals surface area (Å²) in [6.45, 7) is 4.96. The summed E-state index contributed by atoms with van der Waals surface area (Å²) in [5.41, 5.74) is 2.18. The van der Waals surface area contributed by atoms with Crippen molar-refractivity contribution in [2.45, 2.75) is 19.8 Å². The second kappa shape index (κ2) is 8.86. The summed E-state index contributed by atoms with van der Waals surface area (Å²) >= 11 is 7.60. The molecular weight excluding hydrogens is 363 g/mol. The number of carbonyl (C=O) groups is 1. The minimum atomic E-state index is 0. The van der Waals surface area contributed by atoms with Crippen molar-refractivity contribution in [1.82, 2.24) is 10.6 Å². The molecule has 1 aliphatic rings. The molecule has 1 amide bonds. The molecule has 3 rings (SSSR count). The molecule has 1 aromatic heterocycles. The highest BCUT2D eigenvalue weighted by atomic mass is 35.5. The molecule has 0 bridgehead atoms. The van der Waals surface area contributed by atoms with Crippen LogP contribution in [0, 0.1) is 12.8 Å². The first-order valence-corrected chi connectivity index (χ1v) is 9.18. The van der Waals surface area contributed by atoms with Gasteiger partial charge < -0.3 is 10.6 Å². The van der Waals surface area contributed by atoms with Crippen LogP contribution >= 0.6 is 35.3 Å². The van der Waals surface area contributed by atoms with Crippen LogP contribution in [-0.2, 0) is 0 Å². The molecule has 0 radical (unpaired) electrons. The van der Waals surface area contributed by atoms with Gasteiger partial charge in [-0.1, -0.05) is 23.7 Å². The Labute approximate surface area is 158 Å². The maximum Gasteiger partial charge on any atom is 0.261 e. The Balaban J connectivity index is 0.00000208. The van der Waals surface area contributed by atoms with E-state index in [1.54, 1.807) is 0 Å². The zero-order chi connectivity index (χ0) is 16.2. The highest BCUT2D eigenvalue weighted by molar-refractivity contribution is 7.17. The lowest BCUT2D eigenvalue weighted by atomic mass is 10.1. The van der Waals surface area contributed by atoms with Crippen molar-refractivity contribution < 1.29 is 4.79 Å². The minimum Gasteiger partial charge on any atom is -0.351 e. The fourth-order valence-corrected chi connectivity index (χ4v) is 4.22. The number of amides is 1. The van der Waals surface area contributed by atoms with Gasteiger partial charge >= 0.3 is 0 Å². The van der Waals surface area contributed by atoms with Crippen molar-refractivity contribution in [2.75, 3.05) is 19.6 Å². The van der Waals surface area contributed by atoms with E-state index >= 15 is 0 Å². The third-order valence-corrected chi connectivity index (χ3v) is 5.75. The van der Waals surface area contributed by atoms with Crippen LogP contribution in [0.15, 0.2) is 30.3 Å². The Morgan fingerprint density at radius 1 is 1.42 bits per heavy atom. The molecule has 1 unspecified atom stereocenters. The van der Waals surface area contributed by atoms with Crippen molar-refractivity contribution in [1.29, 1.82) is 0 Å². The number of halogens is 2. The molecule has 1 aromatic carbocycles. The summed E-state index contributed by atoms with van der Waals surface area (Å²) in [7, 11) is 0. The van der Waals surface area contributed by atoms with Crippen LogP contribution in [0.1, 0.15) is 28.1 Å². The third kappa shape index (κ3) is 4.73. The molecule has 0 spiro atoms. The Bertz CT molecular complexity index is 696. The van der Waals surface area contributed by atoms with Gasteiger partial charge in [-0.25, -0.2) is 0 Å². The molecule has 130 valence electrons. The van der Waals surface area contributed by atoms with Gasteiger partial charge in [-0.3, -0.25) is 4.79 Å². The van der Waals surface area contributed by atoms with E-state index in [4.69, 9.17) is 11.6 Å². The van der Waals surface area contributed by atoms with Gasteiger partial charge in [0.1, 0.15) is 0 Å². The van der Waals surface area contributed by atoms with E-state index in [0.717, 1.165) is 46.9 Å². The number of benzene rings is 1. The number of hydrogen-bond acceptors (Lipinski definition) is 3. The lowest BCUT2D eigenvalue weighted by molar-refractivity contribution is 0.0955. The fraction of sp³-hybridized carbons (Fsp3) is 0.389. The van der Waals surface area contributed by atoms with E-state index in [0.29, 0.717) is 10.9 Å². The largest absolute Gasteiger partial charge is 0.351 e. The molecule has 2 heterocycles. The Morgan fingerprint density at radius 2 is 2.25 bits per heavy atom. The van der Waals surface area contributed by atoms with Crippen LogP contribution in [0.2, 0.25) is 5.02 Å². The maximum atomic E-state index is 12.3. The predicted molar refractivity (Wildman–Crippen MR) is 105 cm³/mol. The molecule has 0 aliphatic carbocycles. The van der Waals surface area contributed by atoms with Gasteiger partial charge in [0.25, 0.3) is 5.91 Å². The van der Waals surface area contributed by atoms with Crippen LogP contribution in [-0.4, -0.2) is 25.5 Å². The molecule has 3 nitrogen and oxygen atoms in total. The first-order chi connectivity index (χ1) is 11.1. The van der Waals surface area contributed by atoms with Crippen LogP contribution in [0.3, 0.4) is 0 Å². The summed E-state index contributed by atoms with van der Waals surface area (Å²) in [6, 6.07) is 9.73. The van der Waals surface area contributed by atoms with Gasteiger partial charge in [0.05, 0.1) is 4.88 Å². The second-order valence-electron chi connectivity index (χ2n) is 6.04. The highest BCUT2D eigenvalue weighted by Gasteiger charge is 2.16. The molecule has 1 saturated heterocycles. The van der Waals surface area contributed by atoms with Gasteiger partial charge in [0, 0.05) is 16.4 Å². The smallest absolute Gasteiger partial charge is 0.261 e. The predicted octanol–water partition coefficient (Wildman–Crippen LogP) is 4.53. The second-order valence-corrected chi connectivity index (χ2v) is 7.53. The SMILES string of the molecule is Cc1cc(C(=O)NCCC2CCNC2)sc1-c1cccc(Cl)c1.Cl. The van der Waals surface area contributed by atoms with Gasteiger partial charge in [0.15, 0.2) is 0 Å². The van der Waals surface area contributed by atoms with Gasteiger partial charge in [0.2, 0.25) is 0 Å². The van der Waals surface area contributed by atoms with Crippen molar-refractivity contribution in [3.05, 3.63) is 45.8 Å². The van der Waals surface area contributed by atoms with E-state index in [9.17, 15) is 4.79 Å². The van der Waals surface area contributed by atoms with E-state index in [1.165, 1.54) is 17.8 Å². The summed E-state index contributed by atoms with van der Waals surface area (Å²) < 4.78 is 0. The number of thiophene rings is 1. The number of rotatable bonds is 5. The topological polar surface area (TPSA) is 41.1 Å². The van der Waals surface area contributed by atoms with Crippen molar-refractivity contribution in [2.24, 2.45) is 5.92 Å². The molecule has 1 aliphatic heterocycles. The zero-order valence-electron chi connectivity index (χ0n) is 13.6. The Hall–Kier alpha value is -1.07. The summed E-state index contributed by atoms with van der Waals surface area (Å²) in [5, 5.41) is 7.12. The van der Waals surface area contributed by atoms with Gasteiger partial charge in [-0.15, -0.1) is 23.7 Å². The lowest BCUT2D eigenvalue weighted by Gasteiger charge is -2.08. The summed E-state index contributed by atoms with van der Waals surface area (Å²) in [6.07, 6.45) is 2.26. The number of hydrogen-bond donors (Lipinski definition) is 2. The van der Waals surface area contributed by atoms with E-state index in [-0.39, 0.29) is 18.3 Å². The highest BCUT2D eigenvalue weighted by Crippen LogP contribution is 2.33. The average Bonchev–Trinajstić information content (AvgIpc) is 3.16. The quantitative estimate of drug-likeness (QED) is 0.794. The van der Waals surface area contributed by atoms with Gasteiger partial charge in [-0.2, -0.15) is 0 Å². The van der Waals surface area contributed by atoms with E-state index in [2.05, 4.69) is 10.6 Å². The molecule has 0 saturated carbocycles. The van der Waals surface area contributed by atoms with Gasteiger partial charge in [-0.05, 0) is 68.1 Å². The molecule has 1 fully saturated rings. The normalized spacial score (nSPS) is 16.7. The lowest BCUT2D eigenvalue weighted by Crippen LogP contribution is -2.25. The first-order valence-electron chi connectivity index (χ1n) is 7.99. The van der Waals surface area contributed by atoms with E-state index < -0.39 is 0 Å². The fourth-order valence-electron chi connectivity index (χ4n) is 2.95. The van der Waals surface area contributed by atoms with Crippen molar-refractivity contribution in [3.8, 4) is 10.4 Å². The molecular formula is C18H22Cl2N2OS. The molecule has 2 N–H and O–H groups in total. The zero-order valence-corrected chi connectivity index (χ0v) is 16.0. The molecule has 6 heteroatoms. The van der Waals surface area contributed by atoms with Crippen LogP contribution in [0.4, 0.5) is 0 Å². The van der Waals surface area contributed by atoms with Crippen LogP contribution in [0.5, 0.6) is 0 Å². The van der Waals surface area contributed by atoms with E-state index in [1.807, 2.05) is 37.3 Å². The molecule has 24 heavy (non-hydrogen) atoms. The molecule has 2 aromatic rings. The standard InChI is InChI=1S/C18H21ClN2OS.ClH/c1-12-9-16(18(22)21-8-6-13-5-7-20-11-13)23-17(12)14-3-2-4-15(19)10-14;/h2-4,9-10,13,20H,5-8,11H2,1H3,(H,21,22);1H. The van der Waals surface area contributed by atoms with Crippen LogP contribution < -0.4 is 10.6 Å². The average molecular weight is 385 g/mol. The molecule has 1 atom stereocenters. The minimum absolute atomic E-state index is 0. The summed E-state index contributed by atoms with van der Waals surface area (Å²) in [5.74, 6) is 0.722. The number of nitrogens with one attached hydrogen (secondary N) is 2. The number of aryl methyl sites for hydroxylation is 1. The maximum absolute atomic E-state index is 12.3. The van der Waals surface area contributed by atoms with Crippen molar-refractivity contribution >= 4 is 41.3 Å². The van der Waals surface area contributed by atoms with Crippen LogP contribution in [0.25, 0.3) is 10.4 Å². The number of carbonyl (C=O) groups excluding carboxylic acids is 1. The monoisotopic (exact) mass is 384 g/mol. The Kier molecular flexibility index (Phi) is 7.11.